The summed E-state index contributed by atoms with van der Waals surface area (Å²) in [5.41, 5.74) is 4.32. The van der Waals surface area contributed by atoms with Crippen molar-refractivity contribution in [2.75, 3.05) is 4.90 Å². The van der Waals surface area contributed by atoms with Gasteiger partial charge in [0.2, 0.25) is 11.8 Å². The van der Waals surface area contributed by atoms with Gasteiger partial charge in [-0.15, -0.1) is 0 Å². The van der Waals surface area contributed by atoms with Crippen LogP contribution in [0.15, 0.2) is 53.0 Å². The molecule has 6 heteroatoms. The van der Waals surface area contributed by atoms with Gasteiger partial charge in [0.1, 0.15) is 0 Å². The van der Waals surface area contributed by atoms with Crippen LogP contribution in [0.4, 0.5) is 5.69 Å². The lowest BCUT2D eigenvalue weighted by atomic mass is 10.1. The number of rotatable bonds is 6. The molecule has 2 aromatic carbocycles. The van der Waals surface area contributed by atoms with Crippen molar-refractivity contribution in [1.29, 1.82) is 0 Å². The van der Waals surface area contributed by atoms with Gasteiger partial charge in [0.05, 0.1) is 6.54 Å². The van der Waals surface area contributed by atoms with Crippen molar-refractivity contribution >= 4 is 33.4 Å². The Bertz CT molecular complexity index is 734. The van der Waals surface area contributed by atoms with Gasteiger partial charge in [-0.05, 0) is 36.2 Å². The highest BCUT2D eigenvalue weighted by Crippen LogP contribution is 2.24. The summed E-state index contributed by atoms with van der Waals surface area (Å²) in [4.78, 5) is 25.5. The highest BCUT2D eigenvalue weighted by atomic mass is 79.9. The molecule has 0 fully saturated rings. The number of hydrogen-bond acceptors (Lipinski definition) is 3. The molecule has 0 aliphatic carbocycles. The molecule has 0 saturated heterocycles. The molecule has 0 atom stereocenters. The Kier molecular flexibility index (Phi) is 6.52. The lowest BCUT2D eigenvalue weighted by Gasteiger charge is -2.25. The van der Waals surface area contributed by atoms with E-state index >= 15 is 0 Å². The maximum Gasteiger partial charge on any atom is 0.243 e. The van der Waals surface area contributed by atoms with E-state index in [1.54, 1.807) is 10.4 Å². The summed E-state index contributed by atoms with van der Waals surface area (Å²) in [7, 11) is 0. The Balaban J connectivity index is 2.26. The second kappa shape index (κ2) is 8.61. The third-order valence-corrected chi connectivity index (χ3v) is 4.12. The SMILES string of the molecule is Cc1ccccc1N(Cc1cccc(Br)c1)C(=O)CCC(=O)NO. The highest BCUT2D eigenvalue weighted by Gasteiger charge is 2.19. The second-order valence-electron chi connectivity index (χ2n) is 5.43. The molecule has 24 heavy (non-hydrogen) atoms. The Morgan fingerprint density at radius 3 is 2.54 bits per heavy atom. The van der Waals surface area contributed by atoms with Crippen LogP contribution in [0.25, 0.3) is 0 Å². The third kappa shape index (κ3) is 4.91. The molecule has 0 radical (unpaired) electrons. The molecule has 2 rings (SSSR count). The summed E-state index contributed by atoms with van der Waals surface area (Å²) in [6.07, 6.45) is -0.0368. The van der Waals surface area contributed by atoms with Crippen LogP contribution in [0, 0.1) is 6.92 Å². The number of halogens is 1. The predicted molar refractivity (Wildman–Crippen MR) is 95.7 cm³/mol. The maximum atomic E-state index is 12.7. The highest BCUT2D eigenvalue weighted by molar-refractivity contribution is 9.10. The zero-order valence-corrected chi connectivity index (χ0v) is 14.9. The summed E-state index contributed by atoms with van der Waals surface area (Å²) in [6.45, 7) is 2.35. The molecule has 0 spiro atoms. The molecule has 0 saturated carbocycles. The van der Waals surface area contributed by atoms with E-state index in [-0.39, 0.29) is 18.7 Å². The van der Waals surface area contributed by atoms with E-state index in [9.17, 15) is 9.59 Å². The number of nitrogens with zero attached hydrogens (tertiary/aromatic N) is 1. The van der Waals surface area contributed by atoms with E-state index < -0.39 is 5.91 Å². The molecule has 5 nitrogen and oxygen atoms in total. The minimum absolute atomic E-state index is 0.0226. The first-order valence-corrected chi connectivity index (χ1v) is 8.34. The average Bonchev–Trinajstić information content (AvgIpc) is 2.58. The van der Waals surface area contributed by atoms with E-state index in [4.69, 9.17) is 5.21 Å². The van der Waals surface area contributed by atoms with E-state index in [0.29, 0.717) is 6.54 Å². The van der Waals surface area contributed by atoms with Gasteiger partial charge in [0, 0.05) is 23.0 Å². The monoisotopic (exact) mass is 390 g/mol. The van der Waals surface area contributed by atoms with Crippen molar-refractivity contribution in [1.82, 2.24) is 5.48 Å². The number of aryl methyl sites for hydroxylation is 1. The number of carbonyl (C=O) groups excluding carboxylic acids is 2. The van der Waals surface area contributed by atoms with Gasteiger partial charge in [-0.3, -0.25) is 14.8 Å². The van der Waals surface area contributed by atoms with Gasteiger partial charge >= 0.3 is 0 Å². The molecule has 2 amide bonds. The van der Waals surface area contributed by atoms with Crippen molar-refractivity contribution in [2.45, 2.75) is 26.3 Å². The van der Waals surface area contributed by atoms with Crippen LogP contribution >= 0.6 is 15.9 Å². The smallest absolute Gasteiger partial charge is 0.243 e. The fraction of sp³-hybridized carbons (Fsp3) is 0.222. The van der Waals surface area contributed by atoms with Crippen molar-refractivity contribution in [3.05, 3.63) is 64.1 Å². The predicted octanol–water partition coefficient (Wildman–Crippen LogP) is 3.58. The van der Waals surface area contributed by atoms with Gasteiger partial charge < -0.3 is 4.90 Å². The number of hydrogen-bond donors (Lipinski definition) is 2. The molecule has 0 heterocycles. The van der Waals surface area contributed by atoms with Gasteiger partial charge in [-0.25, -0.2) is 5.48 Å². The fourth-order valence-electron chi connectivity index (χ4n) is 2.40. The minimum atomic E-state index is -0.574. The minimum Gasteiger partial charge on any atom is -0.308 e. The van der Waals surface area contributed by atoms with Crippen LogP contribution in [0.3, 0.4) is 0 Å². The van der Waals surface area contributed by atoms with Crippen molar-refractivity contribution in [3.8, 4) is 0 Å². The van der Waals surface area contributed by atoms with Crippen molar-refractivity contribution < 1.29 is 14.8 Å². The normalized spacial score (nSPS) is 10.3. The average molecular weight is 391 g/mol. The zero-order chi connectivity index (χ0) is 17.5. The molecule has 2 aromatic rings. The second-order valence-corrected chi connectivity index (χ2v) is 6.35. The molecule has 0 unspecified atom stereocenters. The van der Waals surface area contributed by atoms with Crippen LogP contribution in [-0.2, 0) is 16.1 Å². The fourth-order valence-corrected chi connectivity index (χ4v) is 2.85. The van der Waals surface area contributed by atoms with Crippen LogP contribution < -0.4 is 10.4 Å². The van der Waals surface area contributed by atoms with E-state index in [1.807, 2.05) is 55.5 Å². The molecule has 0 bridgehead atoms. The van der Waals surface area contributed by atoms with Gasteiger partial charge in [0.25, 0.3) is 0 Å². The molecule has 126 valence electrons. The number of para-hydroxylation sites is 1. The Labute approximate surface area is 149 Å². The first kappa shape index (κ1) is 18.2. The lowest BCUT2D eigenvalue weighted by molar-refractivity contribution is -0.131. The Hall–Kier alpha value is -2.18. The van der Waals surface area contributed by atoms with E-state index in [1.165, 1.54) is 0 Å². The molecular weight excluding hydrogens is 372 g/mol. The van der Waals surface area contributed by atoms with Crippen LogP contribution in [0.1, 0.15) is 24.0 Å². The molecule has 0 aliphatic heterocycles. The van der Waals surface area contributed by atoms with Gasteiger partial charge in [-0.2, -0.15) is 0 Å². The quantitative estimate of drug-likeness (QED) is 0.584. The topological polar surface area (TPSA) is 69.6 Å². The Morgan fingerprint density at radius 2 is 1.88 bits per heavy atom. The largest absolute Gasteiger partial charge is 0.308 e. The standard InChI is InChI=1S/C18H19BrN2O3/c1-13-5-2-3-8-16(13)21(18(23)10-9-17(22)20-24)12-14-6-4-7-15(19)11-14/h2-8,11,24H,9-10,12H2,1H3,(H,20,22). The summed E-state index contributed by atoms with van der Waals surface area (Å²) in [5.74, 6) is -0.747. The number of anilines is 1. The molecule has 0 aliphatic rings. The van der Waals surface area contributed by atoms with Crippen LogP contribution in [0.2, 0.25) is 0 Å². The first-order chi connectivity index (χ1) is 11.5. The van der Waals surface area contributed by atoms with Crippen LogP contribution in [0.5, 0.6) is 0 Å². The number of nitrogens with one attached hydrogen (secondary N) is 1. The summed E-state index contributed by atoms with van der Waals surface area (Å²) >= 11 is 3.43. The van der Waals surface area contributed by atoms with Crippen LogP contribution in [-0.4, -0.2) is 17.0 Å². The first-order valence-electron chi connectivity index (χ1n) is 7.54. The summed E-state index contributed by atoms with van der Waals surface area (Å²) < 4.78 is 0.942. The third-order valence-electron chi connectivity index (χ3n) is 3.63. The molecule has 2 N–H and O–H groups in total. The number of amides is 2. The van der Waals surface area contributed by atoms with Gasteiger partial charge in [0.15, 0.2) is 0 Å². The number of hydroxylamine groups is 1. The lowest BCUT2D eigenvalue weighted by Crippen LogP contribution is -2.32. The summed E-state index contributed by atoms with van der Waals surface area (Å²) in [5, 5.41) is 8.58. The summed E-state index contributed by atoms with van der Waals surface area (Å²) in [6, 6.07) is 15.4. The molecular formula is C18H19BrN2O3. The molecule has 0 aromatic heterocycles. The van der Waals surface area contributed by atoms with Gasteiger partial charge in [-0.1, -0.05) is 46.3 Å². The van der Waals surface area contributed by atoms with E-state index in [0.717, 1.165) is 21.3 Å². The van der Waals surface area contributed by atoms with E-state index in [2.05, 4.69) is 15.9 Å². The van der Waals surface area contributed by atoms with Crippen molar-refractivity contribution in [3.63, 3.8) is 0 Å². The zero-order valence-electron chi connectivity index (χ0n) is 13.3. The maximum absolute atomic E-state index is 12.7. The number of carbonyl (C=O) groups is 2. The Morgan fingerprint density at radius 1 is 1.12 bits per heavy atom. The van der Waals surface area contributed by atoms with Crippen molar-refractivity contribution in [2.24, 2.45) is 0 Å². The number of benzene rings is 2.